The first-order chi connectivity index (χ1) is 11.8. The minimum absolute atomic E-state index is 0.143. The number of nitrogens with zero attached hydrogens (tertiary/aromatic N) is 3. The van der Waals surface area contributed by atoms with Crippen LogP contribution in [0.1, 0.15) is 29.2 Å². The summed E-state index contributed by atoms with van der Waals surface area (Å²) in [7, 11) is 0. The van der Waals surface area contributed by atoms with Crippen molar-refractivity contribution < 1.29 is 9.21 Å². The van der Waals surface area contributed by atoms with Crippen LogP contribution in [0.15, 0.2) is 35.0 Å². The minimum Gasteiger partial charge on any atom is -0.455 e. The highest BCUT2D eigenvalue weighted by Gasteiger charge is 2.22. The fraction of sp³-hybridized carbons (Fsp3) is 0.471. The Labute approximate surface area is 146 Å². The molecule has 0 aliphatic carbocycles. The molecule has 1 saturated heterocycles. The Morgan fingerprint density at radius 3 is 3.04 bits per heavy atom. The molecule has 1 atom stereocenters. The molecular formula is C17H22N4O2S. The van der Waals surface area contributed by atoms with Crippen LogP contribution in [0.3, 0.4) is 0 Å². The minimum atomic E-state index is -0.143. The van der Waals surface area contributed by atoms with Gasteiger partial charge in [-0.15, -0.1) is 0 Å². The van der Waals surface area contributed by atoms with Crippen molar-refractivity contribution in [3.63, 3.8) is 0 Å². The number of rotatable bonds is 6. The molecule has 2 aromatic heterocycles. The Morgan fingerprint density at radius 2 is 2.25 bits per heavy atom. The highest BCUT2D eigenvalue weighted by Crippen LogP contribution is 2.19. The van der Waals surface area contributed by atoms with Gasteiger partial charge in [-0.1, -0.05) is 0 Å². The lowest BCUT2D eigenvalue weighted by molar-refractivity contribution is 0.0916. The van der Waals surface area contributed by atoms with Gasteiger partial charge in [0.15, 0.2) is 5.76 Å². The zero-order valence-corrected chi connectivity index (χ0v) is 14.6. The lowest BCUT2D eigenvalue weighted by atomic mass is 9.98. The van der Waals surface area contributed by atoms with Crippen LogP contribution in [0.2, 0.25) is 0 Å². The number of carbonyl (C=O) groups is 1. The Kier molecular flexibility index (Phi) is 5.74. The maximum absolute atomic E-state index is 12.2. The molecule has 0 saturated carbocycles. The van der Waals surface area contributed by atoms with Gasteiger partial charge in [0.1, 0.15) is 5.76 Å². The SMILES string of the molecule is CSCc1ccc(C(=O)NC[C@H]2CCCN(c3ncccn3)C2)o1. The van der Waals surface area contributed by atoms with E-state index in [1.54, 1.807) is 30.2 Å². The van der Waals surface area contributed by atoms with Gasteiger partial charge >= 0.3 is 0 Å². The number of nitrogens with one attached hydrogen (secondary N) is 1. The van der Waals surface area contributed by atoms with Crippen LogP contribution < -0.4 is 10.2 Å². The van der Waals surface area contributed by atoms with Crippen LogP contribution in [0, 0.1) is 5.92 Å². The molecule has 0 aromatic carbocycles. The molecule has 6 nitrogen and oxygen atoms in total. The summed E-state index contributed by atoms with van der Waals surface area (Å²) in [6, 6.07) is 5.42. The van der Waals surface area contributed by atoms with Crippen molar-refractivity contribution in [3.8, 4) is 0 Å². The van der Waals surface area contributed by atoms with Crippen molar-refractivity contribution in [2.24, 2.45) is 5.92 Å². The quantitative estimate of drug-likeness (QED) is 0.867. The van der Waals surface area contributed by atoms with Crippen LogP contribution in [0.4, 0.5) is 5.95 Å². The predicted molar refractivity (Wildman–Crippen MR) is 95.2 cm³/mol. The van der Waals surface area contributed by atoms with Crippen LogP contribution in [0.5, 0.6) is 0 Å². The van der Waals surface area contributed by atoms with E-state index in [1.165, 1.54) is 0 Å². The molecule has 1 aliphatic heterocycles. The lowest BCUT2D eigenvalue weighted by Crippen LogP contribution is -2.41. The normalized spacial score (nSPS) is 17.7. The molecule has 3 rings (SSSR count). The molecule has 24 heavy (non-hydrogen) atoms. The van der Waals surface area contributed by atoms with Crippen molar-refractivity contribution in [2.75, 3.05) is 30.8 Å². The number of furan rings is 1. The molecule has 1 N–H and O–H groups in total. The number of anilines is 1. The van der Waals surface area contributed by atoms with Gasteiger partial charge in [0.25, 0.3) is 5.91 Å². The number of piperidine rings is 1. The van der Waals surface area contributed by atoms with Crippen LogP contribution in [0.25, 0.3) is 0 Å². The van der Waals surface area contributed by atoms with Gasteiger partial charge < -0.3 is 14.6 Å². The van der Waals surface area contributed by atoms with Gasteiger partial charge in [-0.05, 0) is 43.2 Å². The smallest absolute Gasteiger partial charge is 0.287 e. The molecule has 0 radical (unpaired) electrons. The molecule has 0 bridgehead atoms. The summed E-state index contributed by atoms with van der Waals surface area (Å²) in [6.07, 6.45) is 7.71. The van der Waals surface area contributed by atoms with Crippen LogP contribution in [-0.4, -0.2) is 41.8 Å². The summed E-state index contributed by atoms with van der Waals surface area (Å²) in [5, 5.41) is 2.99. The monoisotopic (exact) mass is 346 g/mol. The van der Waals surface area contributed by atoms with Gasteiger partial charge in [-0.25, -0.2) is 9.97 Å². The van der Waals surface area contributed by atoms with Crippen molar-refractivity contribution in [2.45, 2.75) is 18.6 Å². The molecule has 3 heterocycles. The van der Waals surface area contributed by atoms with E-state index in [4.69, 9.17) is 4.42 Å². The average Bonchev–Trinajstić information content (AvgIpc) is 3.10. The first-order valence-corrected chi connectivity index (χ1v) is 9.53. The molecule has 7 heteroatoms. The van der Waals surface area contributed by atoms with E-state index in [2.05, 4.69) is 20.2 Å². The summed E-state index contributed by atoms with van der Waals surface area (Å²) >= 11 is 1.67. The summed E-state index contributed by atoms with van der Waals surface area (Å²) in [5.74, 6) is 3.02. The average molecular weight is 346 g/mol. The third-order valence-electron chi connectivity index (χ3n) is 4.08. The number of carbonyl (C=O) groups excluding carboxylic acids is 1. The van der Waals surface area contributed by atoms with Crippen molar-refractivity contribution in [1.29, 1.82) is 0 Å². The van der Waals surface area contributed by atoms with E-state index in [1.807, 2.05) is 18.4 Å². The highest BCUT2D eigenvalue weighted by molar-refractivity contribution is 7.97. The topological polar surface area (TPSA) is 71.3 Å². The molecule has 1 fully saturated rings. The van der Waals surface area contributed by atoms with Gasteiger partial charge in [0, 0.05) is 32.0 Å². The standard InChI is InChI=1S/C17H22N4O2S/c1-24-12-14-5-6-15(23-14)16(22)20-10-13-4-2-9-21(11-13)17-18-7-3-8-19-17/h3,5-8,13H,2,4,9-12H2,1H3,(H,20,22)/t13-/m1/s1. The largest absolute Gasteiger partial charge is 0.455 e. The number of amides is 1. The van der Waals surface area contributed by atoms with E-state index >= 15 is 0 Å². The predicted octanol–water partition coefficient (Wildman–Crippen LogP) is 2.58. The lowest BCUT2D eigenvalue weighted by Gasteiger charge is -2.32. The van der Waals surface area contributed by atoms with E-state index in [9.17, 15) is 4.79 Å². The number of hydrogen-bond acceptors (Lipinski definition) is 6. The summed E-state index contributed by atoms with van der Waals surface area (Å²) in [5.41, 5.74) is 0. The summed E-state index contributed by atoms with van der Waals surface area (Å²) in [6.45, 7) is 2.46. The molecular weight excluding hydrogens is 324 g/mol. The number of thioether (sulfide) groups is 1. The number of hydrogen-bond donors (Lipinski definition) is 1. The Balaban J connectivity index is 1.51. The maximum Gasteiger partial charge on any atom is 0.287 e. The second kappa shape index (κ2) is 8.19. The second-order valence-corrected chi connectivity index (χ2v) is 6.78. The van der Waals surface area contributed by atoms with Gasteiger partial charge in [0.2, 0.25) is 5.95 Å². The summed E-state index contributed by atoms with van der Waals surface area (Å²) < 4.78 is 5.55. The number of aromatic nitrogens is 2. The molecule has 1 aliphatic rings. The fourth-order valence-electron chi connectivity index (χ4n) is 2.91. The first kappa shape index (κ1) is 16.8. The van der Waals surface area contributed by atoms with Gasteiger partial charge in [-0.2, -0.15) is 11.8 Å². The zero-order valence-electron chi connectivity index (χ0n) is 13.8. The molecule has 1 amide bonds. The Hall–Kier alpha value is -2.02. The zero-order chi connectivity index (χ0) is 16.8. The van der Waals surface area contributed by atoms with E-state index in [0.717, 1.165) is 43.4 Å². The Morgan fingerprint density at radius 1 is 1.42 bits per heavy atom. The summed E-state index contributed by atoms with van der Waals surface area (Å²) in [4.78, 5) is 23.0. The molecule has 0 spiro atoms. The second-order valence-electron chi connectivity index (χ2n) is 5.91. The molecule has 0 unspecified atom stereocenters. The first-order valence-electron chi connectivity index (χ1n) is 8.14. The Bertz CT molecular complexity index is 662. The molecule has 2 aromatic rings. The third kappa shape index (κ3) is 4.29. The van der Waals surface area contributed by atoms with E-state index in [0.29, 0.717) is 18.2 Å². The highest BCUT2D eigenvalue weighted by atomic mass is 32.2. The van der Waals surface area contributed by atoms with Crippen molar-refractivity contribution >= 4 is 23.6 Å². The van der Waals surface area contributed by atoms with Gasteiger partial charge in [-0.3, -0.25) is 4.79 Å². The van der Waals surface area contributed by atoms with Crippen molar-refractivity contribution in [3.05, 3.63) is 42.1 Å². The third-order valence-corrected chi connectivity index (χ3v) is 4.65. The molecule has 128 valence electrons. The van der Waals surface area contributed by atoms with Crippen LogP contribution >= 0.6 is 11.8 Å². The van der Waals surface area contributed by atoms with E-state index in [-0.39, 0.29) is 5.91 Å². The van der Waals surface area contributed by atoms with E-state index < -0.39 is 0 Å². The van der Waals surface area contributed by atoms with Crippen LogP contribution in [-0.2, 0) is 5.75 Å². The maximum atomic E-state index is 12.2. The van der Waals surface area contributed by atoms with Gasteiger partial charge in [0.05, 0.1) is 5.75 Å². The van der Waals surface area contributed by atoms with Crippen molar-refractivity contribution in [1.82, 2.24) is 15.3 Å². The fourth-order valence-corrected chi connectivity index (χ4v) is 3.35.